The van der Waals surface area contributed by atoms with E-state index in [1.165, 1.54) is 43.9 Å². The maximum atomic E-state index is 12.4. The number of thioether (sulfide) groups is 1. The summed E-state index contributed by atoms with van der Waals surface area (Å²) in [7, 11) is 0. The number of anilines is 1. The zero-order chi connectivity index (χ0) is 16.1. The summed E-state index contributed by atoms with van der Waals surface area (Å²) in [5.74, 6) is 1.25. The molecular weight excluding hydrogens is 306 g/mol. The first-order valence-electron chi connectivity index (χ1n) is 8.40. The van der Waals surface area contributed by atoms with Crippen molar-refractivity contribution in [2.24, 2.45) is 5.92 Å². The van der Waals surface area contributed by atoms with Crippen LogP contribution in [0.2, 0.25) is 0 Å². The zero-order valence-corrected chi connectivity index (χ0v) is 14.1. The highest BCUT2D eigenvalue weighted by molar-refractivity contribution is 7.99. The molecule has 4 nitrogen and oxygen atoms in total. The van der Waals surface area contributed by atoms with Crippen LogP contribution in [0.3, 0.4) is 0 Å². The Hall–Kier alpha value is -1.51. The van der Waals surface area contributed by atoms with E-state index in [1.807, 2.05) is 24.3 Å². The van der Waals surface area contributed by atoms with Crippen molar-refractivity contribution in [3.05, 3.63) is 24.3 Å². The number of nitrogens with one attached hydrogen (secondary N) is 1. The fourth-order valence-electron chi connectivity index (χ4n) is 3.88. The van der Waals surface area contributed by atoms with Gasteiger partial charge in [0.2, 0.25) is 5.91 Å². The first-order chi connectivity index (χ1) is 11.3. The minimum atomic E-state index is 0.0567. The van der Waals surface area contributed by atoms with Gasteiger partial charge in [-0.05, 0) is 43.9 Å². The Balaban J connectivity index is 1.58. The molecule has 0 bridgehead atoms. The van der Waals surface area contributed by atoms with Crippen molar-refractivity contribution in [1.29, 1.82) is 5.26 Å². The Bertz CT molecular complexity index is 598. The molecule has 0 spiro atoms. The van der Waals surface area contributed by atoms with E-state index in [2.05, 4.69) is 16.3 Å². The van der Waals surface area contributed by atoms with Gasteiger partial charge in [0.05, 0.1) is 24.1 Å². The molecule has 1 N–H and O–H groups in total. The molecule has 2 fully saturated rings. The second-order valence-corrected chi connectivity index (χ2v) is 7.38. The van der Waals surface area contributed by atoms with E-state index >= 15 is 0 Å². The van der Waals surface area contributed by atoms with Crippen molar-refractivity contribution in [2.75, 3.05) is 24.2 Å². The van der Waals surface area contributed by atoms with E-state index in [1.54, 1.807) is 0 Å². The highest BCUT2D eigenvalue weighted by Gasteiger charge is 2.36. The quantitative estimate of drug-likeness (QED) is 0.840. The molecule has 0 aromatic heterocycles. The highest BCUT2D eigenvalue weighted by atomic mass is 32.2. The molecule has 1 saturated heterocycles. The number of likely N-dealkylation sites (tertiary alicyclic amines) is 1. The van der Waals surface area contributed by atoms with Crippen LogP contribution in [0.15, 0.2) is 29.2 Å². The highest BCUT2D eigenvalue weighted by Crippen LogP contribution is 2.36. The molecule has 122 valence electrons. The number of rotatable bonds is 5. The van der Waals surface area contributed by atoms with Gasteiger partial charge in [0.1, 0.15) is 0 Å². The van der Waals surface area contributed by atoms with Crippen molar-refractivity contribution in [2.45, 2.75) is 43.0 Å². The first kappa shape index (κ1) is 16.4. The largest absolute Gasteiger partial charge is 0.324 e. The van der Waals surface area contributed by atoms with Crippen molar-refractivity contribution in [1.82, 2.24) is 4.90 Å². The molecule has 1 amide bonds. The predicted molar refractivity (Wildman–Crippen MR) is 93.3 cm³/mol. The standard InChI is InChI=1S/C18H23N3OS/c19-10-12-23-17-8-4-2-6-15(17)20-18(22)13-21-11-9-14-5-1-3-7-16(14)21/h2,4,6,8,14,16H,1,3,5,7,9,11-13H2,(H,20,22)/t14-,16+/m1/s1. The van der Waals surface area contributed by atoms with E-state index in [0.29, 0.717) is 18.3 Å². The predicted octanol–water partition coefficient (Wildman–Crippen LogP) is 3.51. The van der Waals surface area contributed by atoms with E-state index in [0.717, 1.165) is 23.0 Å². The summed E-state index contributed by atoms with van der Waals surface area (Å²) >= 11 is 1.46. The third kappa shape index (κ3) is 4.07. The molecule has 0 unspecified atom stereocenters. The van der Waals surface area contributed by atoms with Gasteiger partial charge < -0.3 is 5.32 Å². The molecule has 23 heavy (non-hydrogen) atoms. The summed E-state index contributed by atoms with van der Waals surface area (Å²) in [6, 6.07) is 10.4. The van der Waals surface area contributed by atoms with Crippen LogP contribution < -0.4 is 5.32 Å². The number of carbonyl (C=O) groups is 1. The van der Waals surface area contributed by atoms with Gasteiger partial charge in [-0.25, -0.2) is 0 Å². The second-order valence-electron chi connectivity index (χ2n) is 6.36. The number of nitrogens with zero attached hydrogens (tertiary/aromatic N) is 2. The van der Waals surface area contributed by atoms with Gasteiger partial charge in [0.25, 0.3) is 0 Å². The molecule has 5 heteroatoms. The van der Waals surface area contributed by atoms with Crippen LogP contribution >= 0.6 is 11.8 Å². The Kier molecular flexibility index (Phi) is 5.58. The molecule has 0 radical (unpaired) electrons. The van der Waals surface area contributed by atoms with Gasteiger partial charge in [0.15, 0.2) is 0 Å². The molecule has 1 heterocycles. The van der Waals surface area contributed by atoms with Crippen molar-refractivity contribution in [3.8, 4) is 6.07 Å². The number of amides is 1. The van der Waals surface area contributed by atoms with Gasteiger partial charge in [-0.3, -0.25) is 9.69 Å². The number of fused-ring (bicyclic) bond motifs is 1. The van der Waals surface area contributed by atoms with E-state index in [9.17, 15) is 4.79 Å². The number of hydrogen-bond donors (Lipinski definition) is 1. The van der Waals surface area contributed by atoms with Gasteiger partial charge in [-0.15, -0.1) is 11.8 Å². The third-order valence-corrected chi connectivity index (χ3v) is 5.87. The monoisotopic (exact) mass is 329 g/mol. The number of benzene rings is 1. The lowest BCUT2D eigenvalue weighted by Crippen LogP contribution is -2.39. The molecule has 2 aliphatic rings. The Morgan fingerprint density at radius 1 is 1.30 bits per heavy atom. The summed E-state index contributed by atoms with van der Waals surface area (Å²) < 4.78 is 0. The average Bonchev–Trinajstić information content (AvgIpc) is 2.97. The van der Waals surface area contributed by atoms with Crippen molar-refractivity contribution >= 4 is 23.4 Å². The number of hydrogen-bond acceptors (Lipinski definition) is 4. The summed E-state index contributed by atoms with van der Waals surface area (Å²) in [5, 5.41) is 11.8. The molecule has 1 saturated carbocycles. The molecular formula is C18H23N3OS. The van der Waals surface area contributed by atoms with Crippen LogP contribution in [0, 0.1) is 17.2 Å². The van der Waals surface area contributed by atoms with Crippen LogP contribution in [0.5, 0.6) is 0 Å². The van der Waals surface area contributed by atoms with E-state index in [-0.39, 0.29) is 5.91 Å². The number of nitriles is 1. The first-order valence-corrected chi connectivity index (χ1v) is 9.39. The molecule has 2 atom stereocenters. The topological polar surface area (TPSA) is 56.1 Å². The number of para-hydroxylation sites is 1. The van der Waals surface area contributed by atoms with Crippen molar-refractivity contribution < 1.29 is 4.79 Å². The lowest BCUT2D eigenvalue weighted by atomic mass is 9.85. The van der Waals surface area contributed by atoms with Crippen LogP contribution in [-0.2, 0) is 4.79 Å². The summed E-state index contributed by atoms with van der Waals surface area (Å²) in [4.78, 5) is 15.8. The van der Waals surface area contributed by atoms with Crippen molar-refractivity contribution in [3.63, 3.8) is 0 Å². The maximum absolute atomic E-state index is 12.4. The Morgan fingerprint density at radius 2 is 2.13 bits per heavy atom. The van der Waals surface area contributed by atoms with Crippen LogP contribution in [-0.4, -0.2) is 35.7 Å². The van der Waals surface area contributed by atoms with Crippen LogP contribution in [0.1, 0.15) is 32.1 Å². The molecule has 1 aliphatic carbocycles. The molecule has 3 rings (SSSR count). The lowest BCUT2D eigenvalue weighted by Gasteiger charge is -2.31. The normalized spacial score (nSPS) is 24.0. The van der Waals surface area contributed by atoms with Gasteiger partial charge >= 0.3 is 0 Å². The Labute approximate surface area is 142 Å². The van der Waals surface area contributed by atoms with E-state index in [4.69, 9.17) is 5.26 Å². The Morgan fingerprint density at radius 3 is 3.00 bits per heavy atom. The van der Waals surface area contributed by atoms with Gasteiger partial charge in [0, 0.05) is 10.9 Å². The van der Waals surface area contributed by atoms with Gasteiger partial charge in [-0.2, -0.15) is 5.26 Å². The molecule has 1 aromatic rings. The second kappa shape index (κ2) is 7.85. The minimum Gasteiger partial charge on any atom is -0.324 e. The fourth-order valence-corrected chi connectivity index (χ4v) is 4.55. The SMILES string of the molecule is N#CCSc1ccccc1NC(=O)CN1CC[C@H]2CCCC[C@@H]21. The number of carbonyl (C=O) groups excluding carboxylic acids is 1. The lowest BCUT2D eigenvalue weighted by molar-refractivity contribution is -0.117. The molecule has 1 aliphatic heterocycles. The minimum absolute atomic E-state index is 0.0567. The van der Waals surface area contributed by atoms with Crippen LogP contribution in [0.25, 0.3) is 0 Å². The average molecular weight is 329 g/mol. The third-order valence-electron chi connectivity index (χ3n) is 4.93. The summed E-state index contributed by atoms with van der Waals surface area (Å²) in [6.07, 6.45) is 6.47. The summed E-state index contributed by atoms with van der Waals surface area (Å²) in [5.41, 5.74) is 0.817. The smallest absolute Gasteiger partial charge is 0.238 e. The van der Waals surface area contributed by atoms with E-state index < -0.39 is 0 Å². The fraction of sp³-hybridized carbons (Fsp3) is 0.556. The zero-order valence-electron chi connectivity index (χ0n) is 13.3. The molecule has 1 aromatic carbocycles. The van der Waals surface area contributed by atoms with Gasteiger partial charge in [-0.1, -0.05) is 25.0 Å². The summed E-state index contributed by atoms with van der Waals surface area (Å²) in [6.45, 7) is 1.53. The van der Waals surface area contributed by atoms with Crippen LogP contribution in [0.4, 0.5) is 5.69 Å². The maximum Gasteiger partial charge on any atom is 0.238 e.